The van der Waals surface area contributed by atoms with Crippen molar-refractivity contribution in [3.05, 3.63) is 65.7 Å². The maximum atomic E-state index is 12.5. The molecule has 0 saturated carbocycles. The van der Waals surface area contributed by atoms with Crippen LogP contribution in [0.3, 0.4) is 0 Å². The van der Waals surface area contributed by atoms with Crippen LogP contribution in [0.15, 0.2) is 54.6 Å². The van der Waals surface area contributed by atoms with E-state index < -0.39 is 0 Å². The summed E-state index contributed by atoms with van der Waals surface area (Å²) in [4.78, 5) is 14.4. The Labute approximate surface area is 142 Å². The van der Waals surface area contributed by atoms with E-state index in [0.29, 0.717) is 19.6 Å². The van der Waals surface area contributed by atoms with Crippen LogP contribution in [0.2, 0.25) is 0 Å². The quantitative estimate of drug-likeness (QED) is 0.825. The SMILES string of the molecule is O=C(CCOCc1ccccc1)N1CCC[C@@H]1c1ccc(O)cc1. The molecule has 1 heterocycles. The molecule has 0 radical (unpaired) electrons. The van der Waals surface area contributed by atoms with Gasteiger partial charge in [-0.1, -0.05) is 42.5 Å². The molecule has 0 aromatic heterocycles. The molecule has 0 bridgehead atoms. The van der Waals surface area contributed by atoms with Gasteiger partial charge in [-0.3, -0.25) is 4.79 Å². The summed E-state index contributed by atoms with van der Waals surface area (Å²) in [6.45, 7) is 1.77. The minimum absolute atomic E-state index is 0.118. The predicted molar refractivity (Wildman–Crippen MR) is 92.5 cm³/mol. The number of hydrogen-bond donors (Lipinski definition) is 1. The van der Waals surface area contributed by atoms with Crippen molar-refractivity contribution in [2.24, 2.45) is 0 Å². The Kier molecular flexibility index (Phi) is 5.49. The van der Waals surface area contributed by atoms with Crippen LogP contribution in [0.1, 0.15) is 36.4 Å². The highest BCUT2D eigenvalue weighted by atomic mass is 16.5. The number of aromatic hydroxyl groups is 1. The molecule has 1 amide bonds. The van der Waals surface area contributed by atoms with Crippen LogP contribution in [0.4, 0.5) is 0 Å². The van der Waals surface area contributed by atoms with E-state index in [0.717, 1.165) is 30.5 Å². The van der Waals surface area contributed by atoms with E-state index in [1.807, 2.05) is 47.4 Å². The minimum atomic E-state index is 0.118. The molecule has 0 unspecified atom stereocenters. The normalized spacial score (nSPS) is 17.2. The average Bonchev–Trinajstić information content (AvgIpc) is 3.10. The van der Waals surface area contributed by atoms with Gasteiger partial charge in [0.2, 0.25) is 5.91 Å². The van der Waals surface area contributed by atoms with Gasteiger partial charge in [-0.05, 0) is 36.1 Å². The summed E-state index contributed by atoms with van der Waals surface area (Å²) in [5.41, 5.74) is 2.21. The maximum absolute atomic E-state index is 12.5. The lowest BCUT2D eigenvalue weighted by Gasteiger charge is -2.25. The van der Waals surface area contributed by atoms with Gasteiger partial charge in [0.1, 0.15) is 5.75 Å². The average molecular weight is 325 g/mol. The first-order chi connectivity index (χ1) is 11.7. The second-order valence-electron chi connectivity index (χ2n) is 6.12. The third-order valence-electron chi connectivity index (χ3n) is 4.42. The highest BCUT2D eigenvalue weighted by molar-refractivity contribution is 5.77. The van der Waals surface area contributed by atoms with Crippen molar-refractivity contribution < 1.29 is 14.6 Å². The Hall–Kier alpha value is -2.33. The molecule has 1 saturated heterocycles. The van der Waals surface area contributed by atoms with E-state index in [1.165, 1.54) is 0 Å². The molecule has 1 N–H and O–H groups in total. The summed E-state index contributed by atoms with van der Waals surface area (Å²) in [5, 5.41) is 9.41. The first kappa shape index (κ1) is 16.5. The van der Waals surface area contributed by atoms with Crippen molar-refractivity contribution >= 4 is 5.91 Å². The number of benzene rings is 2. The fraction of sp³-hybridized carbons (Fsp3) is 0.350. The van der Waals surface area contributed by atoms with Crippen LogP contribution in [0.25, 0.3) is 0 Å². The second-order valence-corrected chi connectivity index (χ2v) is 6.12. The molecular weight excluding hydrogens is 302 g/mol. The van der Waals surface area contributed by atoms with Crippen molar-refractivity contribution in [3.63, 3.8) is 0 Å². The zero-order valence-electron chi connectivity index (χ0n) is 13.7. The van der Waals surface area contributed by atoms with Gasteiger partial charge >= 0.3 is 0 Å². The number of carbonyl (C=O) groups excluding carboxylic acids is 1. The van der Waals surface area contributed by atoms with Gasteiger partial charge in [0.25, 0.3) is 0 Å². The molecule has 0 aliphatic carbocycles. The molecular formula is C20H23NO3. The number of likely N-dealkylation sites (tertiary alicyclic amines) is 1. The summed E-state index contributed by atoms with van der Waals surface area (Å²) in [5.74, 6) is 0.391. The Morgan fingerprint density at radius 3 is 2.62 bits per heavy atom. The summed E-state index contributed by atoms with van der Waals surface area (Å²) < 4.78 is 5.63. The standard InChI is InChI=1S/C20H23NO3/c22-18-10-8-17(9-11-18)19-7-4-13-21(19)20(23)12-14-24-15-16-5-2-1-3-6-16/h1-3,5-6,8-11,19,22H,4,7,12-15H2/t19-/m1/s1. The number of phenols is 1. The summed E-state index contributed by atoms with van der Waals surface area (Å²) >= 11 is 0. The number of ether oxygens (including phenoxy) is 1. The highest BCUT2D eigenvalue weighted by Gasteiger charge is 2.29. The van der Waals surface area contributed by atoms with E-state index in [-0.39, 0.29) is 17.7 Å². The molecule has 1 aliphatic rings. The molecule has 2 aromatic carbocycles. The van der Waals surface area contributed by atoms with E-state index >= 15 is 0 Å². The van der Waals surface area contributed by atoms with Gasteiger partial charge < -0.3 is 14.7 Å². The van der Waals surface area contributed by atoms with E-state index in [4.69, 9.17) is 4.74 Å². The van der Waals surface area contributed by atoms with Crippen molar-refractivity contribution in [1.82, 2.24) is 4.90 Å². The maximum Gasteiger partial charge on any atom is 0.225 e. The topological polar surface area (TPSA) is 49.8 Å². The summed E-state index contributed by atoms with van der Waals surface area (Å²) in [7, 11) is 0. The number of carbonyl (C=O) groups is 1. The van der Waals surface area contributed by atoms with Crippen LogP contribution >= 0.6 is 0 Å². The largest absolute Gasteiger partial charge is 0.508 e. The number of rotatable bonds is 6. The fourth-order valence-corrected chi connectivity index (χ4v) is 3.18. The van der Waals surface area contributed by atoms with Gasteiger partial charge in [0, 0.05) is 6.54 Å². The van der Waals surface area contributed by atoms with Gasteiger partial charge in [0.05, 0.1) is 25.7 Å². The number of hydrogen-bond acceptors (Lipinski definition) is 3. The van der Waals surface area contributed by atoms with Crippen LogP contribution < -0.4 is 0 Å². The molecule has 1 aliphatic heterocycles. The molecule has 0 spiro atoms. The van der Waals surface area contributed by atoms with Crippen LogP contribution in [-0.4, -0.2) is 29.1 Å². The molecule has 126 valence electrons. The van der Waals surface area contributed by atoms with Crippen molar-refractivity contribution in [1.29, 1.82) is 0 Å². The van der Waals surface area contributed by atoms with Crippen LogP contribution in [-0.2, 0) is 16.1 Å². The highest BCUT2D eigenvalue weighted by Crippen LogP contribution is 2.33. The molecule has 3 rings (SSSR count). The first-order valence-corrected chi connectivity index (χ1v) is 8.44. The lowest BCUT2D eigenvalue weighted by atomic mass is 10.0. The minimum Gasteiger partial charge on any atom is -0.508 e. The Morgan fingerprint density at radius 1 is 1.12 bits per heavy atom. The number of amides is 1. The van der Waals surface area contributed by atoms with Crippen LogP contribution in [0.5, 0.6) is 5.75 Å². The molecule has 1 fully saturated rings. The van der Waals surface area contributed by atoms with Gasteiger partial charge in [-0.15, -0.1) is 0 Å². The number of phenolic OH excluding ortho intramolecular Hbond substituents is 1. The van der Waals surface area contributed by atoms with Crippen molar-refractivity contribution in [2.45, 2.75) is 31.9 Å². The molecule has 4 nitrogen and oxygen atoms in total. The van der Waals surface area contributed by atoms with Gasteiger partial charge in [-0.25, -0.2) is 0 Å². The Morgan fingerprint density at radius 2 is 1.88 bits per heavy atom. The molecule has 2 aromatic rings. The molecule has 24 heavy (non-hydrogen) atoms. The van der Waals surface area contributed by atoms with Crippen LogP contribution in [0, 0.1) is 0 Å². The second kappa shape index (κ2) is 7.97. The summed E-state index contributed by atoms with van der Waals surface area (Å²) in [6, 6.07) is 17.3. The zero-order chi connectivity index (χ0) is 16.8. The summed E-state index contributed by atoms with van der Waals surface area (Å²) in [6.07, 6.45) is 2.39. The lowest BCUT2D eigenvalue weighted by Crippen LogP contribution is -2.31. The Bertz CT molecular complexity index is 654. The van der Waals surface area contributed by atoms with E-state index in [2.05, 4.69) is 0 Å². The zero-order valence-corrected chi connectivity index (χ0v) is 13.7. The van der Waals surface area contributed by atoms with E-state index in [1.54, 1.807) is 12.1 Å². The fourth-order valence-electron chi connectivity index (χ4n) is 3.18. The lowest BCUT2D eigenvalue weighted by molar-refractivity contribution is -0.133. The first-order valence-electron chi connectivity index (χ1n) is 8.44. The monoisotopic (exact) mass is 325 g/mol. The van der Waals surface area contributed by atoms with E-state index in [9.17, 15) is 9.90 Å². The third kappa shape index (κ3) is 4.15. The van der Waals surface area contributed by atoms with Gasteiger partial charge in [-0.2, -0.15) is 0 Å². The van der Waals surface area contributed by atoms with Gasteiger partial charge in [0.15, 0.2) is 0 Å². The van der Waals surface area contributed by atoms with Crippen molar-refractivity contribution in [3.8, 4) is 5.75 Å². The molecule has 4 heteroatoms. The molecule has 1 atom stereocenters. The smallest absolute Gasteiger partial charge is 0.225 e. The van der Waals surface area contributed by atoms with Crippen molar-refractivity contribution in [2.75, 3.05) is 13.2 Å². The predicted octanol–water partition coefficient (Wildman–Crippen LogP) is 3.66. The Balaban J connectivity index is 1.49. The third-order valence-corrected chi connectivity index (χ3v) is 4.42. The number of nitrogens with zero attached hydrogens (tertiary/aromatic N) is 1.